The van der Waals surface area contributed by atoms with E-state index < -0.39 is 5.54 Å². The van der Waals surface area contributed by atoms with Gasteiger partial charge in [-0.15, -0.1) is 0 Å². The van der Waals surface area contributed by atoms with Gasteiger partial charge in [0.25, 0.3) is 0 Å². The van der Waals surface area contributed by atoms with E-state index in [4.69, 9.17) is 15.9 Å². The number of nitrogens with two attached hydrogens (primary N) is 1. The van der Waals surface area contributed by atoms with Crippen molar-refractivity contribution in [3.63, 3.8) is 0 Å². The smallest absolute Gasteiger partial charge is 0.128 e. The van der Waals surface area contributed by atoms with E-state index in [1.165, 1.54) is 0 Å². The van der Waals surface area contributed by atoms with Gasteiger partial charge in [0, 0.05) is 18.0 Å². The number of rotatable bonds is 4. The van der Waals surface area contributed by atoms with Crippen LogP contribution in [0, 0.1) is 0 Å². The lowest BCUT2D eigenvalue weighted by atomic mass is 10.1. The molecule has 0 saturated heterocycles. The number of pyridine rings is 1. The van der Waals surface area contributed by atoms with E-state index in [0.717, 1.165) is 0 Å². The van der Waals surface area contributed by atoms with Crippen molar-refractivity contribution in [2.45, 2.75) is 12.5 Å². The van der Waals surface area contributed by atoms with Crippen LogP contribution in [-0.4, -0.2) is 33.9 Å². The summed E-state index contributed by atoms with van der Waals surface area (Å²) >= 11 is 0. The van der Waals surface area contributed by atoms with Crippen LogP contribution in [-0.2, 0) is 0 Å². The number of anilines is 2. The van der Waals surface area contributed by atoms with Gasteiger partial charge in [0.2, 0.25) is 0 Å². The van der Waals surface area contributed by atoms with Crippen molar-refractivity contribution >= 4 is 11.5 Å². The van der Waals surface area contributed by atoms with E-state index in [0.29, 0.717) is 11.5 Å². The van der Waals surface area contributed by atoms with E-state index in [-0.39, 0.29) is 13.2 Å². The Hall–Kier alpha value is -1.33. The van der Waals surface area contributed by atoms with Crippen LogP contribution in [0.4, 0.5) is 11.5 Å². The molecular weight excluding hydrogens is 182 g/mol. The first-order valence-electron chi connectivity index (χ1n) is 4.31. The molecule has 0 fully saturated rings. The summed E-state index contributed by atoms with van der Waals surface area (Å²) < 4.78 is 0. The Morgan fingerprint density at radius 1 is 1.50 bits per heavy atom. The molecule has 0 aliphatic heterocycles. The highest BCUT2D eigenvalue weighted by Crippen LogP contribution is 2.14. The fourth-order valence-electron chi connectivity index (χ4n) is 0.953. The van der Waals surface area contributed by atoms with Crippen LogP contribution < -0.4 is 11.1 Å². The number of hydrogen-bond acceptors (Lipinski definition) is 5. The van der Waals surface area contributed by atoms with Gasteiger partial charge >= 0.3 is 0 Å². The first-order valence-corrected chi connectivity index (χ1v) is 4.31. The van der Waals surface area contributed by atoms with Gasteiger partial charge in [0.15, 0.2) is 0 Å². The fraction of sp³-hybridized carbons (Fsp3) is 0.444. The quantitative estimate of drug-likeness (QED) is 0.537. The molecule has 1 aromatic rings. The van der Waals surface area contributed by atoms with Gasteiger partial charge in [-0.3, -0.25) is 0 Å². The molecule has 14 heavy (non-hydrogen) atoms. The van der Waals surface area contributed by atoms with Crippen LogP contribution in [0.3, 0.4) is 0 Å². The molecule has 5 heteroatoms. The number of nitrogens with zero attached hydrogens (tertiary/aromatic N) is 1. The van der Waals surface area contributed by atoms with Crippen molar-refractivity contribution in [1.82, 2.24) is 4.98 Å². The number of aromatic nitrogens is 1. The fourth-order valence-corrected chi connectivity index (χ4v) is 0.953. The van der Waals surface area contributed by atoms with Crippen LogP contribution in [0.1, 0.15) is 6.92 Å². The third kappa shape index (κ3) is 2.58. The molecule has 0 unspecified atom stereocenters. The lowest BCUT2D eigenvalue weighted by molar-refractivity contribution is 0.147. The molecule has 0 aromatic carbocycles. The predicted octanol–water partition coefficient (Wildman–Crippen LogP) is -0.181. The summed E-state index contributed by atoms with van der Waals surface area (Å²) in [6.07, 6.45) is 1.56. The lowest BCUT2D eigenvalue weighted by Gasteiger charge is -2.26. The topological polar surface area (TPSA) is 91.4 Å². The zero-order valence-electron chi connectivity index (χ0n) is 8.07. The van der Waals surface area contributed by atoms with Gasteiger partial charge in [-0.05, 0) is 13.0 Å². The Kier molecular flexibility index (Phi) is 3.27. The molecule has 1 rings (SSSR count). The summed E-state index contributed by atoms with van der Waals surface area (Å²) in [6.45, 7) is 1.33. The van der Waals surface area contributed by atoms with Crippen LogP contribution >= 0.6 is 0 Å². The van der Waals surface area contributed by atoms with Crippen molar-refractivity contribution in [3.05, 3.63) is 18.3 Å². The maximum Gasteiger partial charge on any atom is 0.128 e. The zero-order valence-corrected chi connectivity index (χ0v) is 8.07. The molecule has 0 radical (unpaired) electrons. The van der Waals surface area contributed by atoms with Crippen LogP contribution in [0.5, 0.6) is 0 Å². The minimum atomic E-state index is -0.777. The van der Waals surface area contributed by atoms with Crippen LogP contribution in [0.25, 0.3) is 0 Å². The molecule has 0 aliphatic rings. The molecule has 5 N–H and O–H groups in total. The molecule has 0 aliphatic carbocycles. The van der Waals surface area contributed by atoms with E-state index >= 15 is 0 Å². The first-order chi connectivity index (χ1) is 6.59. The van der Waals surface area contributed by atoms with E-state index in [9.17, 15) is 0 Å². The standard InChI is InChI=1S/C9H15N3O2/c1-9(5-13,6-14)12-8-4-7(10)2-3-11-8/h2-4,13-14H,5-6H2,1H3,(H3,10,11,12). The summed E-state index contributed by atoms with van der Waals surface area (Å²) in [5.74, 6) is 0.538. The molecule has 78 valence electrons. The highest BCUT2D eigenvalue weighted by Gasteiger charge is 2.22. The normalized spacial score (nSPS) is 11.4. The monoisotopic (exact) mass is 197 g/mol. The summed E-state index contributed by atoms with van der Waals surface area (Å²) in [5, 5.41) is 21.0. The van der Waals surface area contributed by atoms with Gasteiger partial charge in [-0.2, -0.15) is 0 Å². The van der Waals surface area contributed by atoms with Crippen molar-refractivity contribution in [2.75, 3.05) is 24.3 Å². The second-order valence-corrected chi connectivity index (χ2v) is 3.48. The highest BCUT2D eigenvalue weighted by molar-refractivity contribution is 5.49. The highest BCUT2D eigenvalue weighted by atomic mass is 16.3. The minimum Gasteiger partial charge on any atom is -0.399 e. The lowest BCUT2D eigenvalue weighted by Crippen LogP contribution is -2.42. The molecule has 1 aromatic heterocycles. The molecule has 1 heterocycles. The second-order valence-electron chi connectivity index (χ2n) is 3.48. The average molecular weight is 197 g/mol. The maximum absolute atomic E-state index is 9.03. The molecule has 0 bridgehead atoms. The van der Waals surface area contributed by atoms with Gasteiger partial charge < -0.3 is 21.3 Å². The Morgan fingerprint density at radius 3 is 2.64 bits per heavy atom. The minimum absolute atomic E-state index is 0.181. The van der Waals surface area contributed by atoms with Gasteiger partial charge in [0.05, 0.1) is 18.8 Å². The van der Waals surface area contributed by atoms with Gasteiger partial charge in [-0.25, -0.2) is 4.98 Å². The number of aliphatic hydroxyl groups excluding tert-OH is 2. The largest absolute Gasteiger partial charge is 0.399 e. The molecule has 0 amide bonds. The summed E-state index contributed by atoms with van der Waals surface area (Å²) in [6, 6.07) is 3.31. The van der Waals surface area contributed by atoms with Crippen molar-refractivity contribution in [1.29, 1.82) is 0 Å². The van der Waals surface area contributed by atoms with Crippen molar-refractivity contribution in [2.24, 2.45) is 0 Å². The number of nitrogen functional groups attached to an aromatic ring is 1. The molecule has 0 atom stereocenters. The van der Waals surface area contributed by atoms with E-state index in [2.05, 4.69) is 10.3 Å². The Morgan fingerprint density at radius 2 is 2.14 bits per heavy atom. The van der Waals surface area contributed by atoms with Gasteiger partial charge in [0.1, 0.15) is 5.82 Å². The maximum atomic E-state index is 9.03. The molecule has 0 saturated carbocycles. The summed E-state index contributed by atoms with van der Waals surface area (Å²) in [7, 11) is 0. The number of hydrogen-bond donors (Lipinski definition) is 4. The number of aliphatic hydroxyl groups is 2. The SMILES string of the molecule is CC(CO)(CO)Nc1cc(N)ccn1. The van der Waals surface area contributed by atoms with Crippen molar-refractivity contribution < 1.29 is 10.2 Å². The predicted molar refractivity (Wildman–Crippen MR) is 54.8 cm³/mol. The third-order valence-corrected chi connectivity index (χ3v) is 1.91. The average Bonchev–Trinajstić information content (AvgIpc) is 2.18. The van der Waals surface area contributed by atoms with E-state index in [1.807, 2.05) is 0 Å². The first kappa shape index (κ1) is 10.7. The van der Waals surface area contributed by atoms with Crippen LogP contribution in [0.2, 0.25) is 0 Å². The van der Waals surface area contributed by atoms with Crippen LogP contribution in [0.15, 0.2) is 18.3 Å². The van der Waals surface area contributed by atoms with Gasteiger partial charge in [-0.1, -0.05) is 0 Å². The molecule has 0 spiro atoms. The molecular formula is C9H15N3O2. The number of nitrogens with one attached hydrogen (secondary N) is 1. The molecule has 5 nitrogen and oxygen atoms in total. The van der Waals surface area contributed by atoms with Crippen molar-refractivity contribution in [3.8, 4) is 0 Å². The Labute approximate surface area is 82.6 Å². The summed E-state index contributed by atoms with van der Waals surface area (Å²) in [4.78, 5) is 4.01. The summed E-state index contributed by atoms with van der Waals surface area (Å²) in [5.41, 5.74) is 5.36. The third-order valence-electron chi connectivity index (χ3n) is 1.91. The van der Waals surface area contributed by atoms with E-state index in [1.54, 1.807) is 25.3 Å². The zero-order chi connectivity index (χ0) is 10.6. The Bertz CT molecular complexity index is 300. The second kappa shape index (κ2) is 4.26. The Balaban J connectivity index is 2.77.